The van der Waals surface area contributed by atoms with Crippen LogP contribution in [0, 0.1) is 6.92 Å². The standard InChI is InChI=1S/C14H18N4O/c1-10-5-4-6-12(16-10)9-11(2)17-14-15-8-7-13(18-14)19-3/h4-8,11H,9H2,1-3H3,(H,15,17,18)/t11-/m1/s1. The molecule has 1 N–H and O–H groups in total. The average molecular weight is 258 g/mol. The molecule has 0 amide bonds. The normalized spacial score (nSPS) is 11.9. The molecule has 2 aromatic heterocycles. The monoisotopic (exact) mass is 258 g/mol. The zero-order valence-electron chi connectivity index (χ0n) is 11.4. The topological polar surface area (TPSA) is 59.9 Å². The number of hydrogen-bond donors (Lipinski definition) is 1. The van der Waals surface area contributed by atoms with Crippen LogP contribution in [-0.4, -0.2) is 28.1 Å². The molecule has 0 aliphatic heterocycles. The molecule has 2 rings (SSSR count). The van der Waals surface area contributed by atoms with Crippen molar-refractivity contribution in [1.82, 2.24) is 15.0 Å². The van der Waals surface area contributed by atoms with E-state index < -0.39 is 0 Å². The Labute approximate surface area is 113 Å². The number of methoxy groups -OCH3 is 1. The van der Waals surface area contributed by atoms with Crippen molar-refractivity contribution in [3.05, 3.63) is 41.9 Å². The third-order valence-corrected chi connectivity index (χ3v) is 2.68. The van der Waals surface area contributed by atoms with Crippen molar-refractivity contribution >= 4 is 5.95 Å². The third-order valence-electron chi connectivity index (χ3n) is 2.68. The fourth-order valence-electron chi connectivity index (χ4n) is 1.82. The lowest BCUT2D eigenvalue weighted by Gasteiger charge is -2.13. The van der Waals surface area contributed by atoms with Crippen molar-refractivity contribution < 1.29 is 4.74 Å². The molecule has 2 aromatic rings. The summed E-state index contributed by atoms with van der Waals surface area (Å²) in [5, 5.41) is 3.24. The van der Waals surface area contributed by atoms with Gasteiger partial charge in [0.05, 0.1) is 7.11 Å². The number of rotatable bonds is 5. The summed E-state index contributed by atoms with van der Waals surface area (Å²) in [6.45, 7) is 4.07. The summed E-state index contributed by atoms with van der Waals surface area (Å²) in [6.07, 6.45) is 2.49. The maximum atomic E-state index is 5.07. The molecule has 1 atom stereocenters. The second-order valence-corrected chi connectivity index (χ2v) is 4.44. The molecule has 0 bridgehead atoms. The summed E-state index contributed by atoms with van der Waals surface area (Å²) in [7, 11) is 1.59. The molecule has 0 saturated heterocycles. The van der Waals surface area contributed by atoms with Gasteiger partial charge in [0.25, 0.3) is 0 Å². The summed E-state index contributed by atoms with van der Waals surface area (Å²) in [4.78, 5) is 12.9. The van der Waals surface area contributed by atoms with Crippen molar-refractivity contribution in [1.29, 1.82) is 0 Å². The summed E-state index contributed by atoms with van der Waals surface area (Å²) < 4.78 is 5.07. The number of nitrogens with zero attached hydrogens (tertiary/aromatic N) is 3. The Morgan fingerprint density at radius 1 is 1.26 bits per heavy atom. The third kappa shape index (κ3) is 3.91. The van der Waals surface area contributed by atoms with Gasteiger partial charge in [-0.25, -0.2) is 4.98 Å². The van der Waals surface area contributed by atoms with Gasteiger partial charge in [-0.05, 0) is 26.0 Å². The number of ether oxygens (including phenoxy) is 1. The Kier molecular flexibility index (Phi) is 4.28. The highest BCUT2D eigenvalue weighted by molar-refractivity contribution is 5.29. The van der Waals surface area contributed by atoms with Crippen LogP contribution in [0.25, 0.3) is 0 Å². The zero-order chi connectivity index (χ0) is 13.7. The van der Waals surface area contributed by atoms with Crippen LogP contribution in [0.5, 0.6) is 5.88 Å². The van der Waals surface area contributed by atoms with E-state index in [1.165, 1.54) is 0 Å². The van der Waals surface area contributed by atoms with Gasteiger partial charge in [0.2, 0.25) is 11.8 Å². The van der Waals surface area contributed by atoms with Crippen LogP contribution in [0.2, 0.25) is 0 Å². The van der Waals surface area contributed by atoms with Crippen LogP contribution < -0.4 is 10.1 Å². The van der Waals surface area contributed by atoms with Gasteiger partial charge in [0.1, 0.15) is 0 Å². The summed E-state index contributed by atoms with van der Waals surface area (Å²) >= 11 is 0. The van der Waals surface area contributed by atoms with Gasteiger partial charge in [-0.1, -0.05) is 6.07 Å². The maximum Gasteiger partial charge on any atom is 0.226 e. The molecule has 5 heteroatoms. The minimum absolute atomic E-state index is 0.196. The van der Waals surface area contributed by atoms with E-state index in [0.29, 0.717) is 11.8 Å². The second kappa shape index (κ2) is 6.13. The molecule has 0 aliphatic carbocycles. The lowest BCUT2D eigenvalue weighted by Crippen LogP contribution is -2.20. The highest BCUT2D eigenvalue weighted by atomic mass is 16.5. The smallest absolute Gasteiger partial charge is 0.226 e. The predicted molar refractivity (Wildman–Crippen MR) is 74.3 cm³/mol. The minimum atomic E-state index is 0.196. The maximum absolute atomic E-state index is 5.07. The van der Waals surface area contributed by atoms with E-state index in [4.69, 9.17) is 4.74 Å². The van der Waals surface area contributed by atoms with Crippen molar-refractivity contribution in [2.45, 2.75) is 26.3 Å². The molecular formula is C14H18N4O. The molecule has 0 aromatic carbocycles. The molecule has 0 spiro atoms. The number of aromatic nitrogens is 3. The largest absolute Gasteiger partial charge is 0.481 e. The fourth-order valence-corrected chi connectivity index (χ4v) is 1.82. The number of nitrogens with one attached hydrogen (secondary N) is 1. The molecule has 0 aliphatic rings. The molecule has 0 fully saturated rings. The van der Waals surface area contributed by atoms with Crippen molar-refractivity contribution in [2.75, 3.05) is 12.4 Å². The van der Waals surface area contributed by atoms with Crippen LogP contribution >= 0.6 is 0 Å². The van der Waals surface area contributed by atoms with E-state index in [1.807, 2.05) is 25.1 Å². The van der Waals surface area contributed by atoms with Crippen molar-refractivity contribution in [3.63, 3.8) is 0 Å². The highest BCUT2D eigenvalue weighted by Crippen LogP contribution is 2.10. The molecular weight excluding hydrogens is 240 g/mol. The molecule has 0 saturated carbocycles. The van der Waals surface area contributed by atoms with E-state index in [0.717, 1.165) is 17.8 Å². The Morgan fingerprint density at radius 3 is 2.84 bits per heavy atom. The molecule has 0 radical (unpaired) electrons. The van der Waals surface area contributed by atoms with E-state index in [-0.39, 0.29) is 6.04 Å². The first-order valence-corrected chi connectivity index (χ1v) is 6.23. The summed E-state index contributed by atoms with van der Waals surface area (Å²) in [5.41, 5.74) is 2.09. The molecule has 5 nitrogen and oxygen atoms in total. The van der Waals surface area contributed by atoms with E-state index in [2.05, 4.69) is 27.2 Å². The second-order valence-electron chi connectivity index (χ2n) is 4.44. The van der Waals surface area contributed by atoms with E-state index in [9.17, 15) is 0 Å². The Balaban J connectivity index is 1.98. The Hall–Kier alpha value is -2.17. The van der Waals surface area contributed by atoms with Crippen molar-refractivity contribution in [2.24, 2.45) is 0 Å². The summed E-state index contributed by atoms with van der Waals surface area (Å²) in [6, 6.07) is 7.95. The van der Waals surface area contributed by atoms with Gasteiger partial charge in [0.15, 0.2) is 0 Å². The molecule has 100 valence electrons. The minimum Gasteiger partial charge on any atom is -0.481 e. The average Bonchev–Trinajstić information content (AvgIpc) is 2.38. The number of anilines is 1. The number of pyridine rings is 1. The van der Waals surface area contributed by atoms with Crippen LogP contribution in [0.1, 0.15) is 18.3 Å². The number of aryl methyl sites for hydroxylation is 1. The highest BCUT2D eigenvalue weighted by Gasteiger charge is 2.07. The lowest BCUT2D eigenvalue weighted by molar-refractivity contribution is 0.397. The molecule has 19 heavy (non-hydrogen) atoms. The Bertz CT molecular complexity index is 544. The van der Waals surface area contributed by atoms with Gasteiger partial charge in [0, 0.05) is 36.1 Å². The van der Waals surface area contributed by atoms with Gasteiger partial charge >= 0.3 is 0 Å². The van der Waals surface area contributed by atoms with E-state index in [1.54, 1.807) is 19.4 Å². The number of hydrogen-bond acceptors (Lipinski definition) is 5. The zero-order valence-corrected chi connectivity index (χ0v) is 11.4. The molecule has 0 unspecified atom stereocenters. The van der Waals surface area contributed by atoms with Crippen LogP contribution in [-0.2, 0) is 6.42 Å². The van der Waals surface area contributed by atoms with Crippen molar-refractivity contribution in [3.8, 4) is 5.88 Å². The first-order chi connectivity index (χ1) is 9.17. The van der Waals surface area contributed by atoms with Gasteiger partial charge < -0.3 is 10.1 Å². The quantitative estimate of drug-likeness (QED) is 0.891. The lowest BCUT2D eigenvalue weighted by atomic mass is 10.1. The Morgan fingerprint density at radius 2 is 2.11 bits per heavy atom. The van der Waals surface area contributed by atoms with Crippen LogP contribution in [0.4, 0.5) is 5.95 Å². The van der Waals surface area contributed by atoms with Crippen LogP contribution in [0.15, 0.2) is 30.5 Å². The predicted octanol–water partition coefficient (Wildman–Crippen LogP) is 2.23. The fraction of sp³-hybridized carbons (Fsp3) is 0.357. The van der Waals surface area contributed by atoms with Gasteiger partial charge in [-0.2, -0.15) is 4.98 Å². The van der Waals surface area contributed by atoms with E-state index >= 15 is 0 Å². The van der Waals surface area contributed by atoms with Gasteiger partial charge in [-0.3, -0.25) is 4.98 Å². The first-order valence-electron chi connectivity index (χ1n) is 6.23. The van der Waals surface area contributed by atoms with Crippen LogP contribution in [0.3, 0.4) is 0 Å². The first kappa shape index (κ1) is 13.3. The molecule has 2 heterocycles. The van der Waals surface area contributed by atoms with Gasteiger partial charge in [-0.15, -0.1) is 0 Å². The SMILES string of the molecule is COc1ccnc(N[C@H](C)Cc2cccc(C)n2)n1. The summed E-state index contributed by atoms with van der Waals surface area (Å²) in [5.74, 6) is 1.12.